The maximum absolute atomic E-state index is 9.39. The van der Waals surface area contributed by atoms with Gasteiger partial charge in [0.2, 0.25) is 0 Å². The molecule has 1 atom stereocenters. The minimum atomic E-state index is 0.133. The number of aromatic nitrogens is 1. The lowest BCUT2D eigenvalue weighted by molar-refractivity contribution is 0.284. The molecule has 0 aromatic carbocycles. The summed E-state index contributed by atoms with van der Waals surface area (Å²) >= 11 is 1.68. The largest absolute Gasteiger partial charge is 0.391 e. The number of aryl methyl sites for hydroxylation is 1. The van der Waals surface area contributed by atoms with Crippen molar-refractivity contribution in [1.82, 2.24) is 4.98 Å². The summed E-state index contributed by atoms with van der Waals surface area (Å²) in [5, 5.41) is 10.5. The Morgan fingerprint density at radius 3 is 2.83 bits per heavy atom. The molecule has 3 nitrogen and oxygen atoms in total. The summed E-state index contributed by atoms with van der Waals surface area (Å²) in [6.07, 6.45) is 3.34. The summed E-state index contributed by atoms with van der Waals surface area (Å²) in [5.41, 5.74) is 1.10. The lowest BCUT2D eigenvalue weighted by Gasteiger charge is -2.16. The van der Waals surface area contributed by atoms with Gasteiger partial charge in [0.1, 0.15) is 0 Å². The van der Waals surface area contributed by atoms with E-state index in [9.17, 15) is 5.11 Å². The molecule has 0 saturated carbocycles. The van der Waals surface area contributed by atoms with E-state index in [1.165, 1.54) is 6.42 Å². The van der Waals surface area contributed by atoms with Gasteiger partial charge in [0, 0.05) is 13.1 Å². The molecule has 0 bridgehead atoms. The first-order valence-corrected chi connectivity index (χ1v) is 7.81. The van der Waals surface area contributed by atoms with Crippen LogP contribution in [-0.4, -0.2) is 23.2 Å². The molecule has 0 amide bonds. The molecule has 1 aliphatic heterocycles. The van der Waals surface area contributed by atoms with Gasteiger partial charge in [-0.3, -0.25) is 0 Å². The fourth-order valence-electron chi connectivity index (χ4n) is 2.57. The normalized spacial score (nSPS) is 20.1. The number of anilines is 1. The van der Waals surface area contributed by atoms with E-state index < -0.39 is 0 Å². The van der Waals surface area contributed by atoms with Crippen LogP contribution >= 0.6 is 11.3 Å². The van der Waals surface area contributed by atoms with Gasteiger partial charge in [-0.15, -0.1) is 0 Å². The van der Waals surface area contributed by atoms with Crippen molar-refractivity contribution < 1.29 is 5.11 Å². The van der Waals surface area contributed by atoms with E-state index in [2.05, 4.69) is 25.7 Å². The molecular weight excluding hydrogens is 244 g/mol. The molecule has 1 aromatic rings. The molecule has 102 valence electrons. The maximum Gasteiger partial charge on any atom is 0.185 e. The minimum Gasteiger partial charge on any atom is -0.391 e. The van der Waals surface area contributed by atoms with Crippen molar-refractivity contribution in [2.45, 2.75) is 46.6 Å². The third-order valence-electron chi connectivity index (χ3n) is 3.84. The van der Waals surface area contributed by atoms with E-state index in [4.69, 9.17) is 4.98 Å². The summed E-state index contributed by atoms with van der Waals surface area (Å²) in [5.74, 6) is 1.54. The molecule has 1 unspecified atom stereocenters. The van der Waals surface area contributed by atoms with Crippen molar-refractivity contribution in [2.75, 3.05) is 18.0 Å². The molecule has 4 heteroatoms. The van der Waals surface area contributed by atoms with Crippen LogP contribution in [0.2, 0.25) is 0 Å². The smallest absolute Gasteiger partial charge is 0.185 e. The molecule has 0 aliphatic carbocycles. The topological polar surface area (TPSA) is 36.4 Å². The Labute approximate surface area is 114 Å². The molecule has 0 spiro atoms. The Kier molecular flexibility index (Phi) is 4.62. The van der Waals surface area contributed by atoms with Gasteiger partial charge >= 0.3 is 0 Å². The summed E-state index contributed by atoms with van der Waals surface area (Å²) in [4.78, 5) is 8.18. The fourth-order valence-corrected chi connectivity index (χ4v) is 3.57. The number of hydrogen-bond donors (Lipinski definition) is 1. The number of thiazole rings is 1. The highest BCUT2D eigenvalue weighted by atomic mass is 32.1. The predicted molar refractivity (Wildman–Crippen MR) is 77.2 cm³/mol. The zero-order chi connectivity index (χ0) is 13.1. The van der Waals surface area contributed by atoms with Crippen molar-refractivity contribution in [3.8, 4) is 0 Å². The van der Waals surface area contributed by atoms with Crippen LogP contribution in [-0.2, 0) is 13.0 Å². The minimum absolute atomic E-state index is 0.133. The molecule has 1 aliphatic rings. The van der Waals surface area contributed by atoms with E-state index in [0.29, 0.717) is 0 Å². The Hall–Kier alpha value is -0.610. The van der Waals surface area contributed by atoms with Gasteiger partial charge in [-0.25, -0.2) is 4.98 Å². The number of nitrogens with zero attached hydrogens (tertiary/aromatic N) is 2. The quantitative estimate of drug-likeness (QED) is 0.891. The Bertz CT molecular complexity index is 389. The zero-order valence-corrected chi connectivity index (χ0v) is 12.5. The Morgan fingerprint density at radius 2 is 2.28 bits per heavy atom. The average Bonchev–Trinajstić information content (AvgIpc) is 2.94. The van der Waals surface area contributed by atoms with Gasteiger partial charge in [-0.05, 0) is 24.7 Å². The van der Waals surface area contributed by atoms with Crippen molar-refractivity contribution in [3.63, 3.8) is 0 Å². The lowest BCUT2D eigenvalue weighted by Crippen LogP contribution is -2.20. The first-order valence-electron chi connectivity index (χ1n) is 7.00. The molecule has 2 rings (SSSR count). The number of aliphatic hydroxyl groups excluding tert-OH is 1. The fraction of sp³-hybridized carbons (Fsp3) is 0.786. The Balaban J connectivity index is 2.10. The molecule has 2 heterocycles. The van der Waals surface area contributed by atoms with Crippen LogP contribution < -0.4 is 4.90 Å². The van der Waals surface area contributed by atoms with Gasteiger partial charge in [-0.1, -0.05) is 38.5 Å². The monoisotopic (exact) mass is 268 g/mol. The zero-order valence-electron chi connectivity index (χ0n) is 11.6. The van der Waals surface area contributed by atoms with E-state index >= 15 is 0 Å². The van der Waals surface area contributed by atoms with Crippen molar-refractivity contribution in [1.29, 1.82) is 0 Å². The number of rotatable bonds is 5. The second-order valence-corrected chi connectivity index (χ2v) is 6.58. The first-order chi connectivity index (χ1) is 8.65. The van der Waals surface area contributed by atoms with Crippen molar-refractivity contribution in [3.05, 3.63) is 10.6 Å². The van der Waals surface area contributed by atoms with Crippen LogP contribution in [0, 0.1) is 11.8 Å². The molecule has 1 saturated heterocycles. The highest BCUT2D eigenvalue weighted by molar-refractivity contribution is 7.15. The van der Waals surface area contributed by atoms with Gasteiger partial charge in [0.15, 0.2) is 5.13 Å². The maximum atomic E-state index is 9.39. The van der Waals surface area contributed by atoms with Gasteiger partial charge in [-0.2, -0.15) is 0 Å². The average molecular weight is 268 g/mol. The second kappa shape index (κ2) is 6.02. The standard InChI is InChI=1S/C14H24N2OS/c1-4-5-12-13(9-17)18-14(15-12)16-7-6-11(8-16)10(2)3/h10-11,17H,4-9H2,1-3H3. The summed E-state index contributed by atoms with van der Waals surface area (Å²) in [6.45, 7) is 9.14. The molecule has 0 radical (unpaired) electrons. The van der Waals surface area contributed by atoms with Crippen LogP contribution in [0.5, 0.6) is 0 Å². The van der Waals surface area contributed by atoms with Gasteiger partial charge in [0.05, 0.1) is 17.2 Å². The van der Waals surface area contributed by atoms with E-state index in [0.717, 1.165) is 53.5 Å². The third-order valence-corrected chi connectivity index (χ3v) is 4.98. The summed E-state index contributed by atoms with van der Waals surface area (Å²) in [7, 11) is 0. The molecule has 1 aromatic heterocycles. The second-order valence-electron chi connectivity index (χ2n) is 5.51. The highest BCUT2D eigenvalue weighted by Crippen LogP contribution is 2.33. The molecule has 1 N–H and O–H groups in total. The number of hydrogen-bond acceptors (Lipinski definition) is 4. The Morgan fingerprint density at radius 1 is 1.50 bits per heavy atom. The molecule has 18 heavy (non-hydrogen) atoms. The predicted octanol–water partition coefficient (Wildman–Crippen LogP) is 3.07. The molecular formula is C14H24N2OS. The van der Waals surface area contributed by atoms with E-state index in [-0.39, 0.29) is 6.61 Å². The highest BCUT2D eigenvalue weighted by Gasteiger charge is 2.27. The molecule has 1 fully saturated rings. The van der Waals surface area contributed by atoms with Crippen molar-refractivity contribution >= 4 is 16.5 Å². The lowest BCUT2D eigenvalue weighted by atomic mass is 9.95. The van der Waals surface area contributed by atoms with Crippen LogP contribution in [0.4, 0.5) is 5.13 Å². The van der Waals surface area contributed by atoms with Gasteiger partial charge < -0.3 is 10.0 Å². The van der Waals surface area contributed by atoms with Crippen LogP contribution in [0.3, 0.4) is 0 Å². The first kappa shape index (κ1) is 13.8. The summed E-state index contributed by atoms with van der Waals surface area (Å²) in [6, 6.07) is 0. The van der Waals surface area contributed by atoms with E-state index in [1.807, 2.05) is 0 Å². The van der Waals surface area contributed by atoms with Crippen molar-refractivity contribution in [2.24, 2.45) is 11.8 Å². The van der Waals surface area contributed by atoms with Crippen LogP contribution in [0.15, 0.2) is 0 Å². The van der Waals surface area contributed by atoms with Crippen LogP contribution in [0.25, 0.3) is 0 Å². The van der Waals surface area contributed by atoms with Gasteiger partial charge in [0.25, 0.3) is 0 Å². The third kappa shape index (κ3) is 2.86. The van der Waals surface area contributed by atoms with Crippen LogP contribution in [0.1, 0.15) is 44.2 Å². The summed E-state index contributed by atoms with van der Waals surface area (Å²) < 4.78 is 0. The number of aliphatic hydroxyl groups is 1. The van der Waals surface area contributed by atoms with E-state index in [1.54, 1.807) is 11.3 Å². The SMILES string of the molecule is CCCc1nc(N2CCC(C(C)C)C2)sc1CO.